The molecule has 0 saturated carbocycles. The molecule has 4 aromatic carbocycles. The van der Waals surface area contributed by atoms with Crippen LogP contribution in [0.3, 0.4) is 0 Å². The van der Waals surface area contributed by atoms with Crippen molar-refractivity contribution in [1.82, 2.24) is 0 Å². The number of carboxylic acid groups (broad SMARTS) is 2. The van der Waals surface area contributed by atoms with Crippen LogP contribution in [0, 0.1) is 13.8 Å². The number of carboxylic acids is 2. The Morgan fingerprint density at radius 2 is 1.07 bits per heavy atom. The van der Waals surface area contributed by atoms with Crippen LogP contribution in [0.4, 0.5) is 11.4 Å². The van der Waals surface area contributed by atoms with E-state index in [9.17, 15) is 19.8 Å². The molecule has 0 radical (unpaired) electrons. The van der Waals surface area contributed by atoms with Crippen LogP contribution in [0.2, 0.25) is 0 Å². The van der Waals surface area contributed by atoms with Gasteiger partial charge >= 0.3 is 28.4 Å². The number of unbranched alkanes of at least 4 members (excludes halogenated alkanes) is 1. The fraction of sp³-hybridized carbons (Fsp3) is 0.200. The van der Waals surface area contributed by atoms with E-state index in [0.717, 1.165) is 42.1 Å². The Morgan fingerprint density at radius 3 is 1.41 bits per heavy atom. The molecule has 244 valence electrons. The zero-order valence-corrected chi connectivity index (χ0v) is 26.8. The molecule has 0 aliphatic rings. The standard InChI is InChI=1S/C19H22N2.2C8H8O4.Ni/c1-3-4-15-19(21-18-13-9-6-10-14-18)16(2)20-17-11-7-5-8-12-17;2*1-4-2-3-5(9)7(10)6(4)8(11)12;/h5-14H,3-4,15H2,1-2H3;2*2-3,9-10H,1H3,(H,11,12);/q;;;+2/p-2. The fourth-order valence-corrected chi connectivity index (χ4v) is 3.95. The number of phenolic OH excluding ortho intramolecular Hbond substituents is 2. The zero-order valence-electron chi connectivity index (χ0n) is 25.8. The number of hydrogen-bond acceptors (Lipinski definition) is 8. The van der Waals surface area contributed by atoms with Gasteiger partial charge in [-0.3, -0.25) is 9.98 Å². The molecule has 0 unspecified atom stereocenters. The molecule has 4 aromatic rings. The number of carbonyl (C=O) groups is 2. The SMILES string of the molecule is CCCCC(=Nc1ccccc1)C(C)=Nc1ccccc1.Cc1ccc(O)c([O-])c1C(=O)O.Cc1ccc(O)c([O-])c1C(=O)O.[Ni+2]. The van der Waals surface area contributed by atoms with Crippen molar-refractivity contribution in [2.45, 2.75) is 47.0 Å². The van der Waals surface area contributed by atoms with Crippen molar-refractivity contribution >= 4 is 34.7 Å². The monoisotopic (exact) mass is 670 g/mol. The maximum Gasteiger partial charge on any atom is 2.00 e. The molecule has 0 aliphatic carbocycles. The summed E-state index contributed by atoms with van der Waals surface area (Å²) in [6.07, 6.45) is 3.26. The first-order chi connectivity index (χ1) is 21.4. The van der Waals surface area contributed by atoms with Crippen LogP contribution in [0.25, 0.3) is 0 Å². The van der Waals surface area contributed by atoms with Crippen molar-refractivity contribution < 1.29 is 56.7 Å². The number of para-hydroxylation sites is 2. The first-order valence-electron chi connectivity index (χ1n) is 14.1. The van der Waals surface area contributed by atoms with Crippen molar-refractivity contribution in [3.05, 3.63) is 107 Å². The van der Waals surface area contributed by atoms with Gasteiger partial charge in [0.2, 0.25) is 0 Å². The largest absolute Gasteiger partial charge is 2.00 e. The summed E-state index contributed by atoms with van der Waals surface area (Å²) in [5, 5.41) is 56.9. The molecule has 0 bridgehead atoms. The van der Waals surface area contributed by atoms with Crippen molar-refractivity contribution in [2.75, 3.05) is 0 Å². The molecular formula is C35H36N2NiO8. The van der Waals surface area contributed by atoms with Gasteiger partial charge in [0.15, 0.2) is 0 Å². The minimum Gasteiger partial charge on any atom is -0.869 e. The van der Waals surface area contributed by atoms with Crippen LogP contribution in [-0.2, 0) is 16.5 Å². The third-order valence-electron chi connectivity index (χ3n) is 6.38. The Labute approximate surface area is 278 Å². The number of aromatic hydroxyl groups is 2. The van der Waals surface area contributed by atoms with Gasteiger partial charge in [-0.1, -0.05) is 73.4 Å². The van der Waals surface area contributed by atoms with Crippen molar-refractivity contribution in [3.8, 4) is 23.0 Å². The van der Waals surface area contributed by atoms with E-state index >= 15 is 0 Å². The number of hydrogen-bond donors (Lipinski definition) is 4. The molecule has 10 nitrogen and oxygen atoms in total. The van der Waals surface area contributed by atoms with Crippen molar-refractivity contribution in [2.24, 2.45) is 9.98 Å². The predicted molar refractivity (Wildman–Crippen MR) is 171 cm³/mol. The van der Waals surface area contributed by atoms with E-state index in [1.54, 1.807) is 0 Å². The summed E-state index contributed by atoms with van der Waals surface area (Å²) in [4.78, 5) is 30.4. The van der Waals surface area contributed by atoms with E-state index in [0.29, 0.717) is 11.1 Å². The van der Waals surface area contributed by atoms with E-state index < -0.39 is 34.9 Å². The van der Waals surface area contributed by atoms with Crippen LogP contribution >= 0.6 is 0 Å². The summed E-state index contributed by atoms with van der Waals surface area (Å²) in [6.45, 7) is 7.25. The van der Waals surface area contributed by atoms with Gasteiger partial charge in [-0.05, 0) is 81.1 Å². The Bertz CT molecular complexity index is 1590. The van der Waals surface area contributed by atoms with Gasteiger partial charge in [0.25, 0.3) is 0 Å². The molecule has 4 N–H and O–H groups in total. The number of aliphatic imine (C=N–C) groups is 2. The molecule has 0 heterocycles. The van der Waals surface area contributed by atoms with Crippen LogP contribution in [-0.4, -0.2) is 43.8 Å². The normalized spacial score (nSPS) is 10.8. The average Bonchev–Trinajstić information content (AvgIpc) is 3.01. The number of aryl methyl sites for hydroxylation is 2. The summed E-state index contributed by atoms with van der Waals surface area (Å²) in [6, 6.07) is 25.3. The topological polar surface area (TPSA) is 186 Å². The fourth-order valence-electron chi connectivity index (χ4n) is 3.95. The molecule has 0 saturated heterocycles. The van der Waals surface area contributed by atoms with Gasteiger partial charge in [-0.15, -0.1) is 0 Å². The quantitative estimate of drug-likeness (QED) is 0.118. The van der Waals surface area contributed by atoms with E-state index in [-0.39, 0.29) is 27.6 Å². The molecular weight excluding hydrogens is 635 g/mol. The smallest absolute Gasteiger partial charge is 0.869 e. The minimum atomic E-state index is -1.31. The van der Waals surface area contributed by atoms with Gasteiger partial charge in [0.05, 0.1) is 33.9 Å². The number of rotatable bonds is 8. The second-order valence-electron chi connectivity index (χ2n) is 9.85. The van der Waals surface area contributed by atoms with E-state index in [1.165, 1.54) is 38.1 Å². The maximum atomic E-state index is 11.0. The second-order valence-corrected chi connectivity index (χ2v) is 9.85. The molecule has 0 spiro atoms. The van der Waals surface area contributed by atoms with Gasteiger partial charge < -0.3 is 30.6 Å². The van der Waals surface area contributed by atoms with E-state index in [2.05, 4.69) is 6.92 Å². The molecule has 4 rings (SSSR count). The Hall–Kier alpha value is -5.15. The number of nitrogens with zero attached hydrogens (tertiary/aromatic N) is 2. The zero-order chi connectivity index (χ0) is 33.5. The number of benzene rings is 4. The Morgan fingerprint density at radius 1 is 0.674 bits per heavy atom. The molecule has 0 atom stereocenters. The molecule has 0 amide bonds. The third-order valence-corrected chi connectivity index (χ3v) is 6.38. The minimum absolute atomic E-state index is 0. The second kappa shape index (κ2) is 19.3. The van der Waals surface area contributed by atoms with Gasteiger partial charge in [0.1, 0.15) is 11.5 Å². The van der Waals surface area contributed by atoms with E-state index in [4.69, 9.17) is 30.4 Å². The first-order valence-corrected chi connectivity index (χ1v) is 14.1. The summed E-state index contributed by atoms with van der Waals surface area (Å²) in [7, 11) is 0. The summed E-state index contributed by atoms with van der Waals surface area (Å²) < 4.78 is 0. The molecule has 46 heavy (non-hydrogen) atoms. The van der Waals surface area contributed by atoms with Gasteiger partial charge in [-0.2, -0.15) is 0 Å². The van der Waals surface area contributed by atoms with Gasteiger partial charge in [-0.25, -0.2) is 9.59 Å². The molecule has 11 heteroatoms. The van der Waals surface area contributed by atoms with Crippen molar-refractivity contribution in [3.63, 3.8) is 0 Å². The summed E-state index contributed by atoms with van der Waals surface area (Å²) >= 11 is 0. The maximum absolute atomic E-state index is 11.0. The first kappa shape index (κ1) is 38.9. The Balaban J connectivity index is 0.000000365. The van der Waals surface area contributed by atoms with E-state index in [1.807, 2.05) is 67.6 Å². The summed E-state index contributed by atoms with van der Waals surface area (Å²) in [5.41, 5.74) is 4.02. The molecule has 0 fully saturated rings. The summed E-state index contributed by atoms with van der Waals surface area (Å²) in [5.74, 6) is -5.34. The number of phenols is 2. The molecule has 0 aliphatic heterocycles. The third kappa shape index (κ3) is 11.7. The molecule has 0 aromatic heterocycles. The van der Waals surface area contributed by atoms with Crippen LogP contribution in [0.5, 0.6) is 23.0 Å². The predicted octanol–water partition coefficient (Wildman–Crippen LogP) is 6.68. The Kier molecular flexibility index (Phi) is 16.3. The van der Waals surface area contributed by atoms with Crippen LogP contribution < -0.4 is 10.2 Å². The van der Waals surface area contributed by atoms with Gasteiger partial charge in [0, 0.05) is 0 Å². The van der Waals surface area contributed by atoms with Crippen molar-refractivity contribution in [1.29, 1.82) is 0 Å². The van der Waals surface area contributed by atoms with Crippen LogP contribution in [0.1, 0.15) is 65.0 Å². The number of aromatic carboxylic acids is 2. The van der Waals surface area contributed by atoms with Crippen LogP contribution in [0.15, 0.2) is 94.9 Å². The average molecular weight is 671 g/mol.